The van der Waals surface area contributed by atoms with Crippen LogP contribution in [0.5, 0.6) is 0 Å². The third-order valence-electron chi connectivity index (χ3n) is 9.46. The van der Waals surface area contributed by atoms with Gasteiger partial charge >= 0.3 is 0 Å². The van der Waals surface area contributed by atoms with Gasteiger partial charge in [0.15, 0.2) is 11.4 Å². The van der Waals surface area contributed by atoms with Gasteiger partial charge in [-0.25, -0.2) is 9.97 Å². The lowest BCUT2D eigenvalue weighted by atomic mass is 9.91. The van der Waals surface area contributed by atoms with Crippen LogP contribution in [0, 0.1) is 22.7 Å². The van der Waals surface area contributed by atoms with Gasteiger partial charge in [-0.2, -0.15) is 10.5 Å². The number of fused-ring (bicyclic) bond motifs is 6. The highest BCUT2D eigenvalue weighted by molar-refractivity contribution is 6.09. The lowest BCUT2D eigenvalue weighted by Crippen LogP contribution is -2.28. The Balaban J connectivity index is 1.13. The number of hydrogen-bond donors (Lipinski definition) is 0. The zero-order valence-corrected chi connectivity index (χ0v) is 25.7. The van der Waals surface area contributed by atoms with E-state index >= 15 is 0 Å². The van der Waals surface area contributed by atoms with Crippen molar-refractivity contribution in [2.24, 2.45) is 0 Å². The van der Waals surface area contributed by atoms with E-state index in [1.54, 1.807) is 0 Å². The first-order valence-electron chi connectivity index (χ1n) is 15.9. The molecule has 0 spiro atoms. The van der Waals surface area contributed by atoms with Gasteiger partial charge in [0, 0.05) is 44.9 Å². The smallest absolute Gasteiger partial charge is 0.177 e. The molecule has 6 nitrogen and oxygen atoms in total. The molecule has 48 heavy (non-hydrogen) atoms. The van der Waals surface area contributed by atoms with Crippen LogP contribution in [-0.2, 0) is 0 Å². The third-order valence-corrected chi connectivity index (χ3v) is 9.46. The number of benzene rings is 5. The van der Waals surface area contributed by atoms with E-state index < -0.39 is 0 Å². The molecule has 224 valence electrons. The topological polar surface area (TPSA) is 81.5 Å². The fourth-order valence-corrected chi connectivity index (χ4v) is 7.33. The summed E-state index contributed by atoms with van der Waals surface area (Å²) >= 11 is 0. The highest BCUT2D eigenvalue weighted by Gasteiger charge is 2.37. The third kappa shape index (κ3) is 4.17. The Hall–Kier alpha value is -6.76. The number of nitriles is 2. The van der Waals surface area contributed by atoms with E-state index in [4.69, 9.17) is 9.97 Å². The van der Waals surface area contributed by atoms with E-state index in [1.807, 2.05) is 24.3 Å². The summed E-state index contributed by atoms with van der Waals surface area (Å²) < 4.78 is 2.26. The number of hydrogen-bond acceptors (Lipinski definition) is 5. The Kier molecular flexibility index (Phi) is 6.28. The standard InChI is InChI=1S/C42H26N6/c43-25-35-36(26-44)46-42(28-19-23-30(24-20-28)48-39-15-7-3-11-33(39)34-12-4-8-16-40(34)48)41(45-35)27-17-21-29(22-18-27)47-37-13-5-1-9-31(37)32-10-2-6-14-38(32)47/h1-24,31,37H. The first-order valence-corrected chi connectivity index (χ1v) is 15.9. The zero-order valence-electron chi connectivity index (χ0n) is 25.7. The number of rotatable bonds is 4. The van der Waals surface area contributed by atoms with Crippen molar-refractivity contribution in [1.29, 1.82) is 10.5 Å². The van der Waals surface area contributed by atoms with Crippen molar-refractivity contribution in [2.45, 2.75) is 12.0 Å². The van der Waals surface area contributed by atoms with Gasteiger partial charge in [0.2, 0.25) is 0 Å². The van der Waals surface area contributed by atoms with Crippen molar-refractivity contribution < 1.29 is 0 Å². The largest absolute Gasteiger partial charge is 0.333 e. The first-order chi connectivity index (χ1) is 23.7. The second kappa shape index (κ2) is 10.9. The van der Waals surface area contributed by atoms with Gasteiger partial charge in [0.1, 0.15) is 12.1 Å². The molecule has 0 fully saturated rings. The normalized spacial score (nSPS) is 16.1. The molecule has 2 aliphatic rings. The lowest BCUT2D eigenvalue weighted by Gasteiger charge is -2.28. The molecule has 1 aliphatic carbocycles. The maximum Gasteiger partial charge on any atom is 0.177 e. The molecule has 0 radical (unpaired) electrons. The first kappa shape index (κ1) is 27.5. The number of anilines is 2. The SMILES string of the molecule is N#Cc1nc(-c2ccc(N3c4ccccc4C4C=CC=CC43)cc2)c(-c2ccc(-n3c4ccccc4c4ccccc43)cc2)nc1C#N. The molecule has 0 saturated heterocycles. The molecular formula is C42H26N6. The van der Waals surface area contributed by atoms with Gasteiger partial charge < -0.3 is 9.47 Å². The summed E-state index contributed by atoms with van der Waals surface area (Å²) in [4.78, 5) is 11.8. The maximum atomic E-state index is 9.86. The minimum atomic E-state index is 0.0104. The van der Waals surface area contributed by atoms with Gasteiger partial charge in [-0.3, -0.25) is 0 Å². The molecule has 5 aromatic carbocycles. The van der Waals surface area contributed by atoms with Crippen molar-refractivity contribution >= 4 is 33.2 Å². The highest BCUT2D eigenvalue weighted by Crippen LogP contribution is 2.47. The van der Waals surface area contributed by atoms with Crippen LogP contribution in [0.2, 0.25) is 0 Å². The fourth-order valence-electron chi connectivity index (χ4n) is 7.33. The molecular weight excluding hydrogens is 589 g/mol. The lowest BCUT2D eigenvalue weighted by molar-refractivity contribution is 0.745. The number of nitrogens with zero attached hydrogens (tertiary/aromatic N) is 6. The van der Waals surface area contributed by atoms with Crippen LogP contribution >= 0.6 is 0 Å². The van der Waals surface area contributed by atoms with Gasteiger partial charge in [0.25, 0.3) is 0 Å². The molecule has 0 saturated carbocycles. The average Bonchev–Trinajstić information content (AvgIpc) is 3.68. The molecule has 9 rings (SSSR count). The summed E-state index contributed by atoms with van der Waals surface area (Å²) in [6, 6.07) is 46.2. The average molecular weight is 615 g/mol. The van der Waals surface area contributed by atoms with Crippen molar-refractivity contribution in [3.05, 3.63) is 163 Å². The van der Waals surface area contributed by atoms with Gasteiger partial charge in [-0.15, -0.1) is 0 Å². The minimum Gasteiger partial charge on any atom is -0.333 e. The van der Waals surface area contributed by atoms with Crippen molar-refractivity contribution in [1.82, 2.24) is 14.5 Å². The summed E-state index contributed by atoms with van der Waals surface area (Å²) in [5, 5.41) is 22.1. The Morgan fingerprint density at radius 3 is 1.67 bits per heavy atom. The predicted octanol–water partition coefficient (Wildman–Crippen LogP) is 9.38. The second-order valence-electron chi connectivity index (χ2n) is 12.0. The molecule has 2 aromatic heterocycles. The molecule has 6 heteroatoms. The van der Waals surface area contributed by atoms with Gasteiger partial charge in [0.05, 0.1) is 28.5 Å². The fraction of sp³-hybridized carbons (Fsp3) is 0.0476. The van der Waals surface area contributed by atoms with Crippen LogP contribution in [0.3, 0.4) is 0 Å². The molecule has 2 atom stereocenters. The summed E-state index contributed by atoms with van der Waals surface area (Å²) in [5.74, 6) is 0.297. The second-order valence-corrected chi connectivity index (χ2v) is 12.0. The number of allylic oxidation sites excluding steroid dienone is 2. The van der Waals surface area contributed by atoms with Crippen LogP contribution < -0.4 is 4.90 Å². The van der Waals surface area contributed by atoms with Gasteiger partial charge in [-0.05, 0) is 48.0 Å². The summed E-state index contributed by atoms with van der Waals surface area (Å²) in [6.07, 6.45) is 8.76. The zero-order chi connectivity index (χ0) is 32.2. The molecule has 0 amide bonds. The van der Waals surface area contributed by atoms with Crippen molar-refractivity contribution in [3.63, 3.8) is 0 Å². The van der Waals surface area contributed by atoms with Crippen LogP contribution in [0.1, 0.15) is 22.9 Å². The van der Waals surface area contributed by atoms with Crippen LogP contribution in [0.15, 0.2) is 146 Å². The van der Waals surface area contributed by atoms with E-state index in [-0.39, 0.29) is 17.4 Å². The van der Waals surface area contributed by atoms with Crippen LogP contribution in [0.25, 0.3) is 50.0 Å². The van der Waals surface area contributed by atoms with Crippen LogP contribution in [0.4, 0.5) is 11.4 Å². The highest BCUT2D eigenvalue weighted by atomic mass is 15.2. The Bertz CT molecular complexity index is 2490. The Morgan fingerprint density at radius 1 is 0.542 bits per heavy atom. The Morgan fingerprint density at radius 2 is 1.06 bits per heavy atom. The van der Waals surface area contributed by atoms with E-state index in [0.29, 0.717) is 17.3 Å². The molecule has 1 aliphatic heterocycles. The summed E-state index contributed by atoms with van der Waals surface area (Å²) in [7, 11) is 0. The van der Waals surface area contributed by atoms with Crippen LogP contribution in [-0.4, -0.2) is 20.6 Å². The number of para-hydroxylation sites is 3. The van der Waals surface area contributed by atoms with E-state index in [9.17, 15) is 10.5 Å². The molecule has 0 N–H and O–H groups in total. The van der Waals surface area contributed by atoms with E-state index in [1.165, 1.54) is 22.0 Å². The predicted molar refractivity (Wildman–Crippen MR) is 190 cm³/mol. The monoisotopic (exact) mass is 614 g/mol. The van der Waals surface area contributed by atoms with Crippen molar-refractivity contribution in [2.75, 3.05) is 4.90 Å². The molecule has 3 heterocycles. The van der Waals surface area contributed by atoms with E-state index in [2.05, 4.69) is 143 Å². The van der Waals surface area contributed by atoms with Gasteiger partial charge in [-0.1, -0.05) is 103 Å². The summed E-state index contributed by atoms with van der Waals surface area (Å²) in [5.41, 5.74) is 9.61. The van der Waals surface area contributed by atoms with E-state index in [0.717, 1.165) is 33.5 Å². The van der Waals surface area contributed by atoms with Crippen molar-refractivity contribution in [3.8, 4) is 40.3 Å². The number of aromatic nitrogens is 3. The maximum absolute atomic E-state index is 9.86. The quantitative estimate of drug-likeness (QED) is 0.197. The Labute approximate surface area is 277 Å². The minimum absolute atomic E-state index is 0.0104. The molecule has 2 unspecified atom stereocenters. The summed E-state index contributed by atoms with van der Waals surface area (Å²) in [6.45, 7) is 0. The molecule has 0 bridgehead atoms. The molecule has 7 aromatic rings.